The molecule has 3 N–H and O–H groups in total. The van der Waals surface area contributed by atoms with Crippen molar-refractivity contribution >= 4 is 17.5 Å². The van der Waals surface area contributed by atoms with Crippen molar-refractivity contribution in [3.05, 3.63) is 28.8 Å². The number of nitrogens with two attached hydrogens (primary N) is 1. The maximum atomic E-state index is 10.8. The summed E-state index contributed by atoms with van der Waals surface area (Å²) in [6, 6.07) is 6.63. The van der Waals surface area contributed by atoms with E-state index >= 15 is 0 Å². The lowest BCUT2D eigenvalue weighted by Crippen LogP contribution is -2.31. The number of amides is 1. The van der Waals surface area contributed by atoms with Gasteiger partial charge < -0.3 is 4.74 Å². The molecule has 0 saturated carbocycles. The van der Waals surface area contributed by atoms with Crippen molar-refractivity contribution in [2.24, 2.45) is 5.84 Å². The van der Waals surface area contributed by atoms with Gasteiger partial charge in [0.1, 0.15) is 5.75 Å². The molecule has 0 aliphatic heterocycles. The van der Waals surface area contributed by atoms with Gasteiger partial charge in [0.2, 0.25) is 5.91 Å². The summed E-state index contributed by atoms with van der Waals surface area (Å²) in [6.45, 7) is 0.175. The summed E-state index contributed by atoms with van der Waals surface area (Å²) < 4.78 is 5.25. The second-order valence-corrected chi connectivity index (χ2v) is 3.33. The largest absolute Gasteiger partial charge is 0.491 e. The summed E-state index contributed by atoms with van der Waals surface area (Å²) in [6.07, 6.45) is 0.146. The molecular weight excluding hydrogens is 230 g/mol. The van der Waals surface area contributed by atoms with Crippen LogP contribution in [0, 0.1) is 11.3 Å². The zero-order chi connectivity index (χ0) is 12.0. The fourth-order valence-corrected chi connectivity index (χ4v) is 1.25. The number of hydrazine groups is 1. The molecule has 16 heavy (non-hydrogen) atoms. The number of benzene rings is 1. The fourth-order valence-electron chi connectivity index (χ4n) is 1.01. The zero-order valence-electron chi connectivity index (χ0n) is 8.37. The minimum atomic E-state index is -0.315. The molecule has 1 amide bonds. The topological polar surface area (TPSA) is 88.1 Å². The van der Waals surface area contributed by atoms with Gasteiger partial charge in [-0.25, -0.2) is 5.84 Å². The molecule has 0 spiro atoms. The smallest absolute Gasteiger partial charge is 0.237 e. The summed E-state index contributed by atoms with van der Waals surface area (Å²) >= 11 is 5.86. The summed E-state index contributed by atoms with van der Waals surface area (Å²) in [5.74, 6) is 5.02. The zero-order valence-corrected chi connectivity index (χ0v) is 9.12. The lowest BCUT2D eigenvalue weighted by atomic mass is 10.2. The van der Waals surface area contributed by atoms with E-state index in [4.69, 9.17) is 27.4 Å². The number of carbonyl (C=O) groups excluding carboxylic acids is 1. The van der Waals surface area contributed by atoms with Gasteiger partial charge in [0.25, 0.3) is 0 Å². The molecule has 0 unspecified atom stereocenters. The number of nitrogens with one attached hydrogen (secondary N) is 1. The van der Waals surface area contributed by atoms with E-state index in [9.17, 15) is 4.79 Å². The third kappa shape index (κ3) is 3.42. The lowest BCUT2D eigenvalue weighted by Gasteiger charge is -2.07. The van der Waals surface area contributed by atoms with Gasteiger partial charge in [-0.2, -0.15) is 5.26 Å². The van der Waals surface area contributed by atoms with Gasteiger partial charge in [-0.1, -0.05) is 11.6 Å². The van der Waals surface area contributed by atoms with Crippen molar-refractivity contribution in [2.45, 2.75) is 6.42 Å². The van der Waals surface area contributed by atoms with Crippen LogP contribution in [0.3, 0.4) is 0 Å². The maximum Gasteiger partial charge on any atom is 0.237 e. The van der Waals surface area contributed by atoms with Crippen LogP contribution in [0.15, 0.2) is 18.2 Å². The molecule has 5 nitrogen and oxygen atoms in total. The number of hydrogen-bond acceptors (Lipinski definition) is 4. The predicted octanol–water partition coefficient (Wildman–Crippen LogP) is 0.970. The Morgan fingerprint density at radius 2 is 2.38 bits per heavy atom. The SMILES string of the molecule is N#Cc1ccc(OCCC(=O)NN)c(Cl)c1. The molecule has 0 aliphatic carbocycles. The highest BCUT2D eigenvalue weighted by Crippen LogP contribution is 2.25. The molecular formula is C10H10ClN3O2. The van der Waals surface area contributed by atoms with Crippen LogP contribution in [-0.2, 0) is 4.79 Å². The number of nitrogens with zero attached hydrogens (tertiary/aromatic N) is 1. The standard InChI is InChI=1S/C10H10ClN3O2/c11-8-5-7(6-12)1-2-9(8)16-4-3-10(15)14-13/h1-2,5H,3-4,13H2,(H,14,15). The Morgan fingerprint density at radius 3 is 2.94 bits per heavy atom. The van der Waals surface area contributed by atoms with Crippen LogP contribution in [0.2, 0.25) is 5.02 Å². The summed E-state index contributed by atoms with van der Waals surface area (Å²) in [4.78, 5) is 10.8. The molecule has 0 aromatic heterocycles. The average molecular weight is 240 g/mol. The van der Waals surface area contributed by atoms with Crippen molar-refractivity contribution in [3.8, 4) is 11.8 Å². The number of nitriles is 1. The molecule has 1 rings (SSSR count). The van der Waals surface area contributed by atoms with E-state index in [2.05, 4.69) is 0 Å². The van der Waals surface area contributed by atoms with Gasteiger partial charge in [-0.05, 0) is 18.2 Å². The minimum Gasteiger partial charge on any atom is -0.491 e. The van der Waals surface area contributed by atoms with Crippen molar-refractivity contribution < 1.29 is 9.53 Å². The first kappa shape index (κ1) is 12.3. The molecule has 0 heterocycles. The van der Waals surface area contributed by atoms with E-state index in [-0.39, 0.29) is 18.9 Å². The van der Waals surface area contributed by atoms with Crippen molar-refractivity contribution in [3.63, 3.8) is 0 Å². The Kier molecular flexibility index (Phi) is 4.58. The van der Waals surface area contributed by atoms with E-state index in [1.54, 1.807) is 12.1 Å². The van der Waals surface area contributed by atoms with E-state index < -0.39 is 0 Å². The average Bonchev–Trinajstić information content (AvgIpc) is 2.30. The first-order valence-electron chi connectivity index (χ1n) is 4.49. The Labute approximate surface area is 97.7 Å². The van der Waals surface area contributed by atoms with Crippen LogP contribution in [0.5, 0.6) is 5.75 Å². The maximum absolute atomic E-state index is 10.8. The van der Waals surface area contributed by atoms with Crippen LogP contribution >= 0.6 is 11.6 Å². The van der Waals surface area contributed by atoms with E-state index in [0.717, 1.165) is 0 Å². The van der Waals surface area contributed by atoms with Crippen molar-refractivity contribution in [2.75, 3.05) is 6.61 Å². The monoisotopic (exact) mass is 239 g/mol. The van der Waals surface area contributed by atoms with Crippen molar-refractivity contribution in [1.29, 1.82) is 5.26 Å². The van der Waals surface area contributed by atoms with Crippen LogP contribution in [-0.4, -0.2) is 12.5 Å². The highest BCUT2D eigenvalue weighted by molar-refractivity contribution is 6.32. The molecule has 0 bridgehead atoms. The number of hydrogen-bond donors (Lipinski definition) is 2. The Bertz CT molecular complexity index is 429. The number of halogens is 1. The molecule has 0 aliphatic rings. The molecule has 84 valence electrons. The Hall–Kier alpha value is -1.77. The van der Waals surface area contributed by atoms with Gasteiger partial charge in [0, 0.05) is 0 Å². The Balaban J connectivity index is 2.55. The third-order valence-corrected chi connectivity index (χ3v) is 2.10. The quantitative estimate of drug-likeness (QED) is 0.466. The second kappa shape index (κ2) is 5.95. The van der Waals surface area contributed by atoms with E-state index in [0.29, 0.717) is 16.3 Å². The highest BCUT2D eigenvalue weighted by atomic mass is 35.5. The lowest BCUT2D eigenvalue weighted by molar-refractivity contribution is -0.121. The molecule has 0 fully saturated rings. The first-order chi connectivity index (χ1) is 7.67. The second-order valence-electron chi connectivity index (χ2n) is 2.92. The third-order valence-electron chi connectivity index (χ3n) is 1.81. The van der Waals surface area contributed by atoms with Gasteiger partial charge >= 0.3 is 0 Å². The van der Waals surface area contributed by atoms with E-state index in [1.807, 2.05) is 11.5 Å². The summed E-state index contributed by atoms with van der Waals surface area (Å²) in [5.41, 5.74) is 2.44. The van der Waals surface area contributed by atoms with Crippen LogP contribution < -0.4 is 16.0 Å². The minimum absolute atomic E-state index is 0.146. The highest BCUT2D eigenvalue weighted by Gasteiger charge is 2.04. The van der Waals surface area contributed by atoms with Crippen LogP contribution in [0.25, 0.3) is 0 Å². The molecule has 1 aromatic carbocycles. The number of carbonyl (C=O) groups is 1. The molecule has 0 atom stereocenters. The number of rotatable bonds is 4. The molecule has 1 aromatic rings. The van der Waals surface area contributed by atoms with E-state index in [1.165, 1.54) is 6.07 Å². The van der Waals surface area contributed by atoms with Crippen LogP contribution in [0.4, 0.5) is 0 Å². The predicted molar refractivity (Wildman–Crippen MR) is 58.6 cm³/mol. The molecule has 0 saturated heterocycles. The van der Waals surface area contributed by atoms with Gasteiger partial charge in [-0.3, -0.25) is 10.2 Å². The normalized spacial score (nSPS) is 9.31. The summed E-state index contributed by atoms with van der Waals surface area (Å²) in [5, 5.41) is 8.96. The van der Waals surface area contributed by atoms with Crippen LogP contribution in [0.1, 0.15) is 12.0 Å². The summed E-state index contributed by atoms with van der Waals surface area (Å²) in [7, 11) is 0. The fraction of sp³-hybridized carbons (Fsp3) is 0.200. The van der Waals surface area contributed by atoms with Gasteiger partial charge in [0.15, 0.2) is 0 Å². The first-order valence-corrected chi connectivity index (χ1v) is 4.87. The molecule has 6 heteroatoms. The van der Waals surface area contributed by atoms with Gasteiger partial charge in [-0.15, -0.1) is 0 Å². The number of ether oxygens (including phenoxy) is 1. The van der Waals surface area contributed by atoms with Gasteiger partial charge in [0.05, 0.1) is 29.7 Å². The van der Waals surface area contributed by atoms with Crippen molar-refractivity contribution in [1.82, 2.24) is 5.43 Å². The Morgan fingerprint density at radius 1 is 1.62 bits per heavy atom. The molecule has 0 radical (unpaired) electrons.